The molecule has 2 aromatic heterocycles. The Labute approximate surface area is 256 Å². The highest BCUT2D eigenvalue weighted by Gasteiger charge is 2.34. The number of likely N-dealkylation sites (tertiary alicyclic amines) is 1. The van der Waals surface area contributed by atoms with Crippen LogP contribution in [0.15, 0.2) is 47.5 Å². The normalized spacial score (nSPS) is 18.3. The summed E-state index contributed by atoms with van der Waals surface area (Å²) in [6, 6.07) is 12.2. The molecule has 1 saturated heterocycles. The minimum Gasteiger partial charge on any atom is -0.468 e. The third-order valence-electron chi connectivity index (χ3n) is 8.62. The molecule has 2 N–H and O–H groups in total. The van der Waals surface area contributed by atoms with E-state index in [1.165, 1.54) is 11.1 Å². The summed E-state index contributed by atoms with van der Waals surface area (Å²) in [7, 11) is 0.608. The number of hydrogen-bond donors (Lipinski definition) is 2. The number of rotatable bonds is 9. The van der Waals surface area contributed by atoms with Crippen LogP contribution in [0, 0.1) is 13.8 Å². The molecule has 6 rings (SSSR count). The zero-order valence-electron chi connectivity index (χ0n) is 25.9. The second-order valence-corrected chi connectivity index (χ2v) is 13.9. The van der Waals surface area contributed by atoms with Gasteiger partial charge in [0, 0.05) is 25.1 Å². The molecular formula is C33H42N6O3S. The molecule has 10 heteroatoms. The van der Waals surface area contributed by atoms with E-state index in [1.54, 1.807) is 7.11 Å². The molecule has 0 saturated carbocycles. The van der Waals surface area contributed by atoms with E-state index in [0.29, 0.717) is 17.7 Å². The highest BCUT2D eigenvalue weighted by molar-refractivity contribution is 7.85. The number of H-pyrrole nitrogens is 1. The SMILES string of the molecule is COCCN1CCC(c2cc3c(cc2C)N(c2nc(Nc4ccccc4S(=O)C(C)C)c4c(C)c[nH]c4n2)C(C)O3)CC1. The van der Waals surface area contributed by atoms with Gasteiger partial charge in [0.1, 0.15) is 17.2 Å². The number of para-hydroxylation sites is 1. The number of aromatic nitrogens is 3. The Kier molecular flexibility index (Phi) is 8.44. The van der Waals surface area contributed by atoms with E-state index < -0.39 is 10.8 Å². The molecule has 4 heterocycles. The Morgan fingerprint density at radius 1 is 1.14 bits per heavy atom. The van der Waals surface area contributed by atoms with E-state index in [2.05, 4.69) is 39.2 Å². The predicted octanol–water partition coefficient (Wildman–Crippen LogP) is 6.54. The van der Waals surface area contributed by atoms with Crippen LogP contribution in [0.1, 0.15) is 56.2 Å². The van der Waals surface area contributed by atoms with Gasteiger partial charge < -0.3 is 24.7 Å². The molecule has 0 bridgehead atoms. The van der Waals surface area contributed by atoms with Crippen molar-refractivity contribution in [3.8, 4) is 5.75 Å². The number of anilines is 4. The zero-order valence-corrected chi connectivity index (χ0v) is 26.8. The second kappa shape index (κ2) is 12.3. The molecule has 0 aliphatic carbocycles. The van der Waals surface area contributed by atoms with Gasteiger partial charge in [0.2, 0.25) is 5.95 Å². The summed E-state index contributed by atoms with van der Waals surface area (Å²) >= 11 is 0. The number of fused-ring (bicyclic) bond motifs is 2. The number of benzene rings is 2. The monoisotopic (exact) mass is 602 g/mol. The lowest BCUT2D eigenvalue weighted by atomic mass is 9.86. The van der Waals surface area contributed by atoms with Gasteiger partial charge in [-0.15, -0.1) is 0 Å². The smallest absolute Gasteiger partial charge is 0.237 e. The van der Waals surface area contributed by atoms with Crippen LogP contribution in [0.5, 0.6) is 5.75 Å². The Bertz CT molecular complexity index is 1650. The average Bonchev–Trinajstić information content (AvgIpc) is 3.53. The molecule has 0 radical (unpaired) electrons. The van der Waals surface area contributed by atoms with Crippen LogP contribution >= 0.6 is 0 Å². The molecule has 1 fully saturated rings. The molecule has 0 amide bonds. The van der Waals surface area contributed by atoms with Crippen LogP contribution < -0.4 is 15.0 Å². The van der Waals surface area contributed by atoms with Crippen LogP contribution in [0.3, 0.4) is 0 Å². The standard InChI is InChI=1S/C33H42N6O3S/c1-20(2)43(40)29-10-8-7-9-26(29)35-32-30-22(4)19-34-31(30)36-33(37-32)39-23(5)42-28-18-25(21(3)17-27(28)39)24-11-13-38(14-12-24)15-16-41-6/h7-10,17-20,23-24H,11-16H2,1-6H3,(H2,34,35,36,37). The first-order valence-corrected chi connectivity index (χ1v) is 16.4. The number of aromatic amines is 1. The third kappa shape index (κ3) is 5.75. The molecule has 2 aromatic carbocycles. The molecule has 2 unspecified atom stereocenters. The van der Waals surface area contributed by atoms with E-state index >= 15 is 0 Å². The molecule has 2 aliphatic heterocycles. The summed E-state index contributed by atoms with van der Waals surface area (Å²) in [5, 5.41) is 4.42. The van der Waals surface area contributed by atoms with Gasteiger partial charge in [0.05, 0.1) is 39.1 Å². The number of aryl methyl sites for hydroxylation is 2. The van der Waals surface area contributed by atoms with Gasteiger partial charge >= 0.3 is 0 Å². The fourth-order valence-corrected chi connectivity index (χ4v) is 7.36. The molecule has 0 spiro atoms. The van der Waals surface area contributed by atoms with Gasteiger partial charge in [0.25, 0.3) is 0 Å². The molecule has 43 heavy (non-hydrogen) atoms. The Balaban J connectivity index is 1.33. The first-order valence-electron chi connectivity index (χ1n) is 15.2. The lowest BCUT2D eigenvalue weighted by Crippen LogP contribution is -2.35. The van der Waals surface area contributed by atoms with Gasteiger partial charge in [0.15, 0.2) is 6.23 Å². The number of nitrogens with one attached hydrogen (secondary N) is 2. The van der Waals surface area contributed by atoms with Gasteiger partial charge in [-0.3, -0.25) is 9.11 Å². The van der Waals surface area contributed by atoms with Gasteiger partial charge in [-0.25, -0.2) is 0 Å². The molecule has 2 atom stereocenters. The quantitative estimate of drug-likeness (QED) is 0.223. The van der Waals surface area contributed by atoms with Crippen LogP contribution in [-0.4, -0.2) is 68.9 Å². The van der Waals surface area contributed by atoms with E-state index in [4.69, 9.17) is 19.4 Å². The Morgan fingerprint density at radius 2 is 1.91 bits per heavy atom. The minimum atomic E-state index is -1.16. The predicted molar refractivity (Wildman–Crippen MR) is 174 cm³/mol. The van der Waals surface area contributed by atoms with Crippen molar-refractivity contribution >= 4 is 45.0 Å². The molecule has 9 nitrogen and oxygen atoms in total. The lowest BCUT2D eigenvalue weighted by Gasteiger charge is -2.32. The molecule has 4 aromatic rings. The van der Waals surface area contributed by atoms with Crippen molar-refractivity contribution in [2.75, 3.05) is 43.6 Å². The lowest BCUT2D eigenvalue weighted by molar-refractivity contribution is 0.130. The molecule has 228 valence electrons. The highest BCUT2D eigenvalue weighted by Crippen LogP contribution is 2.45. The minimum absolute atomic E-state index is 0.00615. The second-order valence-electron chi connectivity index (χ2n) is 11.9. The molecule has 2 aliphatic rings. The van der Waals surface area contributed by atoms with Crippen molar-refractivity contribution in [2.45, 2.75) is 69.8 Å². The maximum Gasteiger partial charge on any atom is 0.237 e. The van der Waals surface area contributed by atoms with E-state index in [9.17, 15) is 4.21 Å². The number of hydrogen-bond acceptors (Lipinski definition) is 8. The Hall–Kier alpha value is -3.47. The van der Waals surface area contributed by atoms with Gasteiger partial charge in [-0.1, -0.05) is 26.0 Å². The van der Waals surface area contributed by atoms with Crippen molar-refractivity contribution in [3.63, 3.8) is 0 Å². The van der Waals surface area contributed by atoms with E-state index in [-0.39, 0.29) is 11.5 Å². The van der Waals surface area contributed by atoms with Crippen LogP contribution in [0.25, 0.3) is 11.0 Å². The van der Waals surface area contributed by atoms with E-state index in [1.807, 2.05) is 58.2 Å². The highest BCUT2D eigenvalue weighted by atomic mass is 32.2. The molecular weight excluding hydrogens is 560 g/mol. The maximum atomic E-state index is 13.1. The van der Waals surface area contributed by atoms with Crippen LogP contribution in [0.2, 0.25) is 0 Å². The summed E-state index contributed by atoms with van der Waals surface area (Å²) in [6.45, 7) is 14.1. The zero-order chi connectivity index (χ0) is 30.2. The van der Waals surface area contributed by atoms with E-state index in [0.717, 1.165) is 77.7 Å². The van der Waals surface area contributed by atoms with Crippen LogP contribution in [0.4, 0.5) is 23.1 Å². The van der Waals surface area contributed by atoms with Crippen molar-refractivity contribution in [1.29, 1.82) is 0 Å². The first kappa shape index (κ1) is 29.6. The van der Waals surface area contributed by atoms with Crippen molar-refractivity contribution in [1.82, 2.24) is 19.9 Å². The summed E-state index contributed by atoms with van der Waals surface area (Å²) in [4.78, 5) is 18.7. The first-order chi connectivity index (χ1) is 20.7. The fraction of sp³-hybridized carbons (Fsp3) is 0.455. The van der Waals surface area contributed by atoms with Crippen LogP contribution in [-0.2, 0) is 15.5 Å². The Morgan fingerprint density at radius 3 is 2.65 bits per heavy atom. The number of ether oxygens (including phenoxy) is 2. The number of piperidine rings is 1. The van der Waals surface area contributed by atoms with Gasteiger partial charge in [-0.2, -0.15) is 9.97 Å². The maximum absolute atomic E-state index is 13.1. The summed E-state index contributed by atoms with van der Waals surface area (Å²) in [5.74, 6) is 2.60. The third-order valence-corrected chi connectivity index (χ3v) is 10.3. The summed E-state index contributed by atoms with van der Waals surface area (Å²) in [6.07, 6.45) is 3.93. The number of methoxy groups -OCH3 is 1. The fourth-order valence-electron chi connectivity index (χ4n) is 6.30. The van der Waals surface area contributed by atoms with Crippen molar-refractivity contribution in [2.24, 2.45) is 0 Å². The van der Waals surface area contributed by atoms with Crippen molar-refractivity contribution < 1.29 is 13.7 Å². The number of nitrogens with zero attached hydrogens (tertiary/aromatic N) is 4. The largest absolute Gasteiger partial charge is 0.468 e. The summed E-state index contributed by atoms with van der Waals surface area (Å²) in [5.41, 5.74) is 6.15. The van der Waals surface area contributed by atoms with Crippen molar-refractivity contribution in [3.05, 3.63) is 59.3 Å². The van der Waals surface area contributed by atoms with Gasteiger partial charge in [-0.05, 0) is 93.6 Å². The summed E-state index contributed by atoms with van der Waals surface area (Å²) < 4.78 is 24.8. The average molecular weight is 603 g/mol. The topological polar surface area (TPSA) is 95.6 Å².